The van der Waals surface area contributed by atoms with Crippen LogP contribution in [0.1, 0.15) is 25.7 Å². The Hall–Kier alpha value is -0.500. The van der Waals surface area contributed by atoms with E-state index in [1.54, 1.807) is 0 Å². The van der Waals surface area contributed by atoms with Crippen LogP contribution in [-0.4, -0.2) is 36.0 Å². The van der Waals surface area contributed by atoms with E-state index < -0.39 is 21.9 Å². The van der Waals surface area contributed by atoms with E-state index in [1.165, 1.54) is 10.4 Å². The Morgan fingerprint density at radius 2 is 1.85 bits per heavy atom. The second-order valence-corrected chi connectivity index (χ2v) is 8.09. The van der Waals surface area contributed by atoms with Crippen LogP contribution >= 0.6 is 15.9 Å². The van der Waals surface area contributed by atoms with E-state index in [4.69, 9.17) is 0 Å². The molecule has 4 nitrogen and oxygen atoms in total. The first-order valence-electron chi connectivity index (χ1n) is 6.56. The molecule has 2 unspecified atom stereocenters. The average molecular weight is 364 g/mol. The molecule has 1 aromatic carbocycles. The van der Waals surface area contributed by atoms with Crippen LogP contribution in [0.3, 0.4) is 0 Å². The maximum absolute atomic E-state index is 13.1. The first-order chi connectivity index (χ1) is 9.39. The predicted molar refractivity (Wildman–Crippen MR) is 75.2 cm³/mol. The van der Waals surface area contributed by atoms with Crippen molar-refractivity contribution in [2.24, 2.45) is 0 Å². The Morgan fingerprint density at radius 3 is 2.40 bits per heavy atom. The molecule has 0 spiro atoms. The number of aliphatic hydroxyl groups excluding tert-OH is 1. The molecule has 2 atom stereocenters. The van der Waals surface area contributed by atoms with Crippen molar-refractivity contribution in [3.8, 4) is 0 Å². The minimum Gasteiger partial charge on any atom is -0.393 e. The third kappa shape index (κ3) is 2.30. The van der Waals surface area contributed by atoms with Crippen LogP contribution in [0.4, 0.5) is 4.39 Å². The van der Waals surface area contributed by atoms with Crippen LogP contribution in [0, 0.1) is 5.82 Å². The summed E-state index contributed by atoms with van der Waals surface area (Å²) in [6.07, 6.45) is 2.10. The number of sulfonamides is 1. The van der Waals surface area contributed by atoms with E-state index in [-0.39, 0.29) is 21.5 Å². The lowest BCUT2D eigenvalue weighted by Crippen LogP contribution is -2.47. The van der Waals surface area contributed by atoms with Gasteiger partial charge in [0.25, 0.3) is 0 Å². The summed E-state index contributed by atoms with van der Waals surface area (Å²) >= 11 is 3.13. The van der Waals surface area contributed by atoms with E-state index in [0.29, 0.717) is 12.8 Å². The highest BCUT2D eigenvalue weighted by atomic mass is 79.9. The SMILES string of the molecule is O=S(=O)(c1ccc(F)cc1Br)N1C2CCC1CC(O)C2. The smallest absolute Gasteiger partial charge is 0.244 e. The molecule has 2 aliphatic heterocycles. The number of piperidine rings is 1. The minimum atomic E-state index is -3.66. The van der Waals surface area contributed by atoms with Gasteiger partial charge < -0.3 is 5.11 Å². The molecule has 0 saturated carbocycles. The predicted octanol–water partition coefficient (Wildman–Crippen LogP) is 2.26. The minimum absolute atomic E-state index is 0.0900. The number of aliphatic hydroxyl groups is 1. The molecule has 0 amide bonds. The zero-order chi connectivity index (χ0) is 14.5. The van der Waals surface area contributed by atoms with Crippen LogP contribution < -0.4 is 0 Å². The van der Waals surface area contributed by atoms with Crippen LogP contribution in [0.15, 0.2) is 27.6 Å². The summed E-state index contributed by atoms with van der Waals surface area (Å²) in [6.45, 7) is 0. The third-order valence-corrected chi connectivity index (χ3v) is 7.07. The van der Waals surface area contributed by atoms with Crippen molar-refractivity contribution in [1.82, 2.24) is 4.31 Å². The van der Waals surface area contributed by atoms with E-state index in [0.717, 1.165) is 25.0 Å². The van der Waals surface area contributed by atoms with Crippen molar-refractivity contribution < 1.29 is 17.9 Å². The van der Waals surface area contributed by atoms with Gasteiger partial charge in [-0.05, 0) is 59.8 Å². The summed E-state index contributed by atoms with van der Waals surface area (Å²) in [5.41, 5.74) is 0. The summed E-state index contributed by atoms with van der Waals surface area (Å²) in [4.78, 5) is 0.0900. The second-order valence-electron chi connectivity index (χ2n) is 5.42. The molecule has 0 aromatic heterocycles. The monoisotopic (exact) mass is 363 g/mol. The molecule has 0 aliphatic carbocycles. The van der Waals surface area contributed by atoms with E-state index in [2.05, 4.69) is 15.9 Å². The molecular weight excluding hydrogens is 349 g/mol. The second kappa shape index (κ2) is 5.05. The van der Waals surface area contributed by atoms with Gasteiger partial charge in [0.15, 0.2) is 0 Å². The summed E-state index contributed by atoms with van der Waals surface area (Å²) in [5.74, 6) is -0.479. The molecule has 2 fully saturated rings. The number of rotatable bonds is 2. The van der Waals surface area contributed by atoms with Crippen molar-refractivity contribution in [3.63, 3.8) is 0 Å². The normalized spacial score (nSPS) is 30.6. The molecule has 2 heterocycles. The van der Waals surface area contributed by atoms with Crippen LogP contribution in [0.5, 0.6) is 0 Å². The van der Waals surface area contributed by atoms with Gasteiger partial charge in [0, 0.05) is 16.6 Å². The van der Waals surface area contributed by atoms with E-state index in [9.17, 15) is 17.9 Å². The van der Waals surface area contributed by atoms with E-state index in [1.807, 2.05) is 0 Å². The number of nitrogens with zero attached hydrogens (tertiary/aromatic N) is 1. The molecule has 1 aromatic rings. The number of halogens is 2. The lowest BCUT2D eigenvalue weighted by Gasteiger charge is -2.36. The number of benzene rings is 1. The Kier molecular flexibility index (Phi) is 3.64. The molecule has 2 bridgehead atoms. The molecule has 110 valence electrons. The summed E-state index contributed by atoms with van der Waals surface area (Å²) < 4.78 is 40.4. The van der Waals surface area contributed by atoms with Crippen molar-refractivity contribution in [2.75, 3.05) is 0 Å². The molecule has 2 aliphatic rings. The summed E-state index contributed by atoms with van der Waals surface area (Å²) in [5, 5.41) is 9.75. The highest BCUT2D eigenvalue weighted by molar-refractivity contribution is 9.10. The Bertz CT molecular complexity index is 623. The van der Waals surface area contributed by atoms with Gasteiger partial charge in [0.2, 0.25) is 10.0 Å². The van der Waals surface area contributed by atoms with Crippen molar-refractivity contribution in [3.05, 3.63) is 28.5 Å². The molecule has 7 heteroatoms. The molecule has 0 radical (unpaired) electrons. The van der Waals surface area contributed by atoms with Gasteiger partial charge in [-0.3, -0.25) is 0 Å². The highest BCUT2D eigenvalue weighted by Crippen LogP contribution is 2.40. The number of hydrogen-bond acceptors (Lipinski definition) is 3. The fourth-order valence-electron chi connectivity index (χ4n) is 3.30. The fourth-order valence-corrected chi connectivity index (χ4v) is 6.20. The standard InChI is InChI=1S/C13H15BrFNO3S/c14-12-5-8(15)1-4-13(12)20(18,19)16-9-2-3-10(16)7-11(17)6-9/h1,4-5,9-11,17H,2-3,6-7H2. The van der Waals surface area contributed by atoms with Gasteiger partial charge in [-0.1, -0.05) is 0 Å². The number of fused-ring (bicyclic) bond motifs is 2. The van der Waals surface area contributed by atoms with Crippen LogP contribution in [-0.2, 0) is 10.0 Å². The third-order valence-electron chi connectivity index (χ3n) is 4.09. The average Bonchev–Trinajstić information content (AvgIpc) is 2.62. The number of hydrogen-bond donors (Lipinski definition) is 1. The Labute approximate surface area is 125 Å². The Balaban J connectivity index is 2.01. The quantitative estimate of drug-likeness (QED) is 0.876. The zero-order valence-electron chi connectivity index (χ0n) is 10.7. The lowest BCUT2D eigenvalue weighted by atomic mass is 10.0. The van der Waals surface area contributed by atoms with Gasteiger partial charge in [0.1, 0.15) is 5.82 Å². The van der Waals surface area contributed by atoms with Gasteiger partial charge >= 0.3 is 0 Å². The Morgan fingerprint density at radius 1 is 1.25 bits per heavy atom. The van der Waals surface area contributed by atoms with Crippen molar-refractivity contribution in [1.29, 1.82) is 0 Å². The maximum atomic E-state index is 13.1. The molecule has 2 saturated heterocycles. The molecule has 3 rings (SSSR count). The largest absolute Gasteiger partial charge is 0.393 e. The summed E-state index contributed by atoms with van der Waals surface area (Å²) in [7, 11) is -3.66. The van der Waals surface area contributed by atoms with Gasteiger partial charge in [-0.25, -0.2) is 12.8 Å². The molecule has 20 heavy (non-hydrogen) atoms. The first kappa shape index (κ1) is 14.4. The molecule has 1 N–H and O–H groups in total. The maximum Gasteiger partial charge on any atom is 0.244 e. The van der Waals surface area contributed by atoms with Crippen molar-refractivity contribution in [2.45, 2.75) is 48.8 Å². The van der Waals surface area contributed by atoms with Crippen LogP contribution in [0.2, 0.25) is 0 Å². The zero-order valence-corrected chi connectivity index (χ0v) is 13.1. The van der Waals surface area contributed by atoms with E-state index >= 15 is 0 Å². The first-order valence-corrected chi connectivity index (χ1v) is 8.79. The summed E-state index contributed by atoms with van der Waals surface area (Å²) in [6, 6.07) is 3.31. The van der Waals surface area contributed by atoms with Crippen molar-refractivity contribution >= 4 is 26.0 Å². The van der Waals surface area contributed by atoms with Gasteiger partial charge in [-0.2, -0.15) is 4.31 Å². The lowest BCUT2D eigenvalue weighted by molar-refractivity contribution is 0.0768. The highest BCUT2D eigenvalue weighted by Gasteiger charge is 2.47. The van der Waals surface area contributed by atoms with Gasteiger partial charge in [-0.15, -0.1) is 0 Å². The topological polar surface area (TPSA) is 57.6 Å². The van der Waals surface area contributed by atoms with Crippen LogP contribution in [0.25, 0.3) is 0 Å². The fraction of sp³-hybridized carbons (Fsp3) is 0.538. The van der Waals surface area contributed by atoms with Gasteiger partial charge in [0.05, 0.1) is 11.0 Å². The molecular formula is C13H15BrFNO3S.